The van der Waals surface area contributed by atoms with Crippen LogP contribution in [-0.4, -0.2) is 6.54 Å². The highest BCUT2D eigenvalue weighted by atomic mass is 32.3. The van der Waals surface area contributed by atoms with Crippen molar-refractivity contribution in [3.8, 4) is 18.2 Å². The van der Waals surface area contributed by atoms with Crippen molar-refractivity contribution in [1.82, 2.24) is 5.32 Å². The Labute approximate surface area is 248 Å². The Morgan fingerprint density at radius 3 is 1.81 bits per heavy atom. The summed E-state index contributed by atoms with van der Waals surface area (Å²) in [5, 5.41) is 30.7. The number of rotatable bonds is 11. The molecule has 0 bridgehead atoms. The fraction of sp³-hybridized carbons (Fsp3) is 0.586. The summed E-state index contributed by atoms with van der Waals surface area (Å²) >= 11 is -11.3. The number of halogens is 6. The summed E-state index contributed by atoms with van der Waals surface area (Å²) in [6.07, 6.45) is 3.58. The van der Waals surface area contributed by atoms with Gasteiger partial charge in [-0.2, -0.15) is 10.5 Å². The van der Waals surface area contributed by atoms with Crippen LogP contribution in [-0.2, 0) is 0 Å². The van der Waals surface area contributed by atoms with E-state index < -0.39 is 54.3 Å². The van der Waals surface area contributed by atoms with E-state index in [1.807, 2.05) is 13.8 Å². The van der Waals surface area contributed by atoms with Crippen LogP contribution in [0.3, 0.4) is 0 Å². The van der Waals surface area contributed by atoms with Crippen LogP contribution in [0.25, 0.3) is 4.85 Å². The molecule has 42 heavy (non-hydrogen) atoms. The first kappa shape index (κ1) is 35.2. The lowest BCUT2D eigenvalue weighted by Gasteiger charge is -2.37. The summed E-state index contributed by atoms with van der Waals surface area (Å²) in [7, 11) is 0. The van der Waals surface area contributed by atoms with Crippen LogP contribution in [0.1, 0.15) is 91.9 Å². The first-order valence-corrected chi connectivity index (χ1v) is 16.2. The van der Waals surface area contributed by atoms with Crippen LogP contribution in [0.15, 0.2) is 43.5 Å². The lowest BCUT2D eigenvalue weighted by Crippen LogP contribution is -2.29. The number of nitrogens with one attached hydrogen (secondary N) is 1. The number of hydrogen-bond acceptors (Lipinski definition) is 4. The van der Waals surface area contributed by atoms with Gasteiger partial charge in [0.2, 0.25) is 22.4 Å². The smallest absolute Gasteiger partial charge is 0.266 e. The van der Waals surface area contributed by atoms with E-state index in [1.165, 1.54) is 0 Å². The van der Waals surface area contributed by atoms with Crippen LogP contribution < -0.4 is 5.32 Å². The molecule has 0 aliphatic heterocycles. The van der Waals surface area contributed by atoms with Crippen LogP contribution >= 0.6 is 22.4 Å². The Bertz CT molecular complexity index is 1220. The minimum absolute atomic E-state index is 0.00662. The van der Waals surface area contributed by atoms with Crippen molar-refractivity contribution in [2.24, 2.45) is 10.8 Å². The second-order valence-electron chi connectivity index (χ2n) is 12.2. The van der Waals surface area contributed by atoms with Crippen molar-refractivity contribution in [3.05, 3.63) is 54.9 Å². The Hall–Kier alpha value is -3.00. The molecule has 0 aromatic heterocycles. The van der Waals surface area contributed by atoms with Gasteiger partial charge in [-0.05, 0) is 66.9 Å². The minimum atomic E-state index is -5.70. The van der Waals surface area contributed by atoms with Crippen LogP contribution in [0.5, 0.6) is 0 Å². The maximum absolute atomic E-state index is 14.1. The van der Waals surface area contributed by atoms with E-state index in [2.05, 4.69) is 10.2 Å². The molecular formula is C29H35F6N5S2. The average molecular weight is 632 g/mol. The van der Waals surface area contributed by atoms with Gasteiger partial charge >= 0.3 is 0 Å². The number of hydrogen-bond donors (Lipinski definition) is 1. The van der Waals surface area contributed by atoms with E-state index in [-0.39, 0.29) is 61.1 Å². The normalized spacial score (nSPS) is 20.6. The number of allylic oxidation sites excluding steroid dienone is 6. The predicted octanol–water partition coefficient (Wildman–Crippen LogP) is 11.0. The topological polar surface area (TPSA) is 87.8 Å². The maximum Gasteiger partial charge on any atom is 0.266 e. The molecule has 0 saturated carbocycles. The van der Waals surface area contributed by atoms with Crippen molar-refractivity contribution in [3.63, 3.8) is 0 Å². The van der Waals surface area contributed by atoms with E-state index in [0.29, 0.717) is 32.1 Å². The standard InChI is InChI=1S/C29H35F6N5S2/c1-28(2)13-20(26(41(30,31)32)22(14-28)21(17-36)18-37)11-9-7-6-8-10-12-40-24-16-29(3,4)15-23(25(19-38)39-5)27(24)42(33,34)35/h40H,6-16H2,1-4H3/b25-23+. The highest BCUT2D eigenvalue weighted by molar-refractivity contribution is 8.24. The highest BCUT2D eigenvalue weighted by Crippen LogP contribution is 2.68. The zero-order valence-electron chi connectivity index (χ0n) is 24.2. The first-order chi connectivity index (χ1) is 19.4. The summed E-state index contributed by atoms with van der Waals surface area (Å²) < 4.78 is 84.6. The second-order valence-corrected chi connectivity index (χ2v) is 14.6. The summed E-state index contributed by atoms with van der Waals surface area (Å²) in [6.45, 7) is 14.7. The van der Waals surface area contributed by atoms with Gasteiger partial charge in [0.05, 0.1) is 22.5 Å². The van der Waals surface area contributed by atoms with Crippen LogP contribution in [0.4, 0.5) is 23.3 Å². The van der Waals surface area contributed by atoms with Crippen molar-refractivity contribution in [2.75, 3.05) is 6.54 Å². The van der Waals surface area contributed by atoms with Gasteiger partial charge in [-0.1, -0.05) is 47.0 Å². The predicted molar refractivity (Wildman–Crippen MR) is 155 cm³/mol. The monoisotopic (exact) mass is 631 g/mol. The molecule has 5 nitrogen and oxygen atoms in total. The van der Waals surface area contributed by atoms with Gasteiger partial charge in [-0.3, -0.25) is 0 Å². The van der Waals surface area contributed by atoms with Crippen molar-refractivity contribution in [1.29, 1.82) is 15.8 Å². The van der Waals surface area contributed by atoms with E-state index in [9.17, 15) is 39.1 Å². The number of nitriles is 3. The van der Waals surface area contributed by atoms with Gasteiger partial charge in [0.25, 0.3) is 5.70 Å². The molecule has 0 atom stereocenters. The van der Waals surface area contributed by atoms with E-state index in [4.69, 9.17) is 6.57 Å². The third kappa shape index (κ3) is 9.25. The first-order valence-electron chi connectivity index (χ1n) is 13.5. The van der Waals surface area contributed by atoms with Crippen LogP contribution in [0, 0.1) is 51.4 Å². The van der Waals surface area contributed by atoms with E-state index >= 15 is 0 Å². The molecule has 0 amide bonds. The van der Waals surface area contributed by atoms with E-state index in [0.717, 1.165) is 0 Å². The van der Waals surface area contributed by atoms with Crippen molar-refractivity contribution in [2.45, 2.75) is 91.9 Å². The van der Waals surface area contributed by atoms with Gasteiger partial charge in [0.15, 0.2) is 0 Å². The quantitative estimate of drug-likeness (QED) is 0.106. The molecule has 13 heteroatoms. The summed E-state index contributed by atoms with van der Waals surface area (Å²) in [5.74, 6) is 0. The minimum Gasteiger partial charge on any atom is -0.387 e. The lowest BCUT2D eigenvalue weighted by molar-refractivity contribution is 0.337. The lowest BCUT2D eigenvalue weighted by atomic mass is 9.73. The number of unbranched alkanes of at least 4 members (excludes halogenated alkanes) is 4. The fourth-order valence-corrected chi connectivity index (χ4v) is 7.56. The molecule has 0 radical (unpaired) electrons. The second kappa shape index (κ2) is 14.0. The Morgan fingerprint density at radius 1 is 0.762 bits per heavy atom. The molecule has 2 aliphatic rings. The van der Waals surface area contributed by atoms with Gasteiger partial charge in [-0.25, -0.2) is 10.1 Å². The molecule has 0 saturated heterocycles. The SMILES string of the molecule is [C-]#[N+]/C(C#N)=C1\CC(C)(C)CC(NCCCCCCCC2=C(S(F)(F)F)C(=C(C#N)C#N)CC(C)(C)C2)=C1S(F)(F)F. The maximum atomic E-state index is 14.1. The van der Waals surface area contributed by atoms with Gasteiger partial charge in [0.1, 0.15) is 17.7 Å². The molecular weight excluding hydrogens is 596 g/mol. The molecule has 230 valence electrons. The zero-order valence-corrected chi connectivity index (χ0v) is 25.8. The Balaban J connectivity index is 2.06. The van der Waals surface area contributed by atoms with Crippen molar-refractivity contribution < 1.29 is 23.3 Å². The molecule has 0 heterocycles. The molecule has 0 spiro atoms. The fourth-order valence-electron chi connectivity index (χ4n) is 5.73. The van der Waals surface area contributed by atoms with E-state index in [1.54, 1.807) is 32.1 Å². The summed E-state index contributed by atoms with van der Waals surface area (Å²) in [5.41, 5.74) is -2.29. The molecule has 2 rings (SSSR count). The third-order valence-electron chi connectivity index (χ3n) is 7.29. The summed E-state index contributed by atoms with van der Waals surface area (Å²) in [4.78, 5) is 1.42. The molecule has 0 fully saturated rings. The molecule has 0 aromatic carbocycles. The van der Waals surface area contributed by atoms with Gasteiger partial charge in [-0.15, -0.1) is 23.3 Å². The zero-order chi connectivity index (χ0) is 31.9. The Morgan fingerprint density at radius 2 is 1.29 bits per heavy atom. The third-order valence-corrected chi connectivity index (χ3v) is 9.24. The largest absolute Gasteiger partial charge is 0.387 e. The van der Waals surface area contributed by atoms with Gasteiger partial charge in [0, 0.05) is 17.8 Å². The molecule has 1 N–H and O–H groups in total. The molecule has 0 unspecified atom stereocenters. The molecule has 2 aliphatic carbocycles. The van der Waals surface area contributed by atoms with Crippen molar-refractivity contribution >= 4 is 22.4 Å². The number of nitrogens with zero attached hydrogens (tertiary/aromatic N) is 4. The van der Waals surface area contributed by atoms with Gasteiger partial charge < -0.3 is 5.32 Å². The molecule has 0 aromatic rings. The Kier molecular flexibility index (Phi) is 11.7. The summed E-state index contributed by atoms with van der Waals surface area (Å²) in [6, 6.07) is 4.87. The van der Waals surface area contributed by atoms with Crippen LogP contribution in [0.2, 0.25) is 0 Å². The highest BCUT2D eigenvalue weighted by Gasteiger charge is 2.43. The average Bonchev–Trinajstić information content (AvgIpc) is 2.84.